The van der Waals surface area contributed by atoms with Crippen LogP contribution in [0.3, 0.4) is 0 Å². The van der Waals surface area contributed by atoms with Gasteiger partial charge in [-0.15, -0.1) is 11.3 Å². The molecule has 0 N–H and O–H groups in total. The third-order valence-electron chi connectivity index (χ3n) is 5.56. The molecule has 6 rings (SSSR count). The number of methoxy groups -OCH3 is 1. The highest BCUT2D eigenvalue weighted by molar-refractivity contribution is 7.27. The first-order valence-corrected chi connectivity index (χ1v) is 10.4. The number of rotatable bonds is 2. The van der Waals surface area contributed by atoms with Crippen LogP contribution < -0.4 is 4.74 Å². The fourth-order valence-corrected chi connectivity index (χ4v) is 5.57. The van der Waals surface area contributed by atoms with Crippen molar-refractivity contribution in [2.45, 2.75) is 0 Å². The Bertz CT molecular complexity index is 1540. The lowest BCUT2D eigenvalue weighted by molar-refractivity contribution is 0.420. The number of fused-ring (bicyclic) bond motifs is 6. The minimum absolute atomic E-state index is 0.914. The standard InChI is InChI=1S/C26H17NOS/c1-28-22-15-7-13-20-23-24(18-12-6-9-16-8-2-3-10-17(16)18)27-21-14-5-4-11-19(21)26(23)29-25(20)22/h2-15H,1H3. The van der Waals surface area contributed by atoms with Crippen molar-refractivity contribution in [3.63, 3.8) is 0 Å². The molecule has 0 spiro atoms. The highest BCUT2D eigenvalue weighted by Crippen LogP contribution is 2.46. The summed E-state index contributed by atoms with van der Waals surface area (Å²) >= 11 is 1.79. The predicted octanol–water partition coefficient (Wildman–Crippen LogP) is 7.43. The van der Waals surface area contributed by atoms with E-state index in [9.17, 15) is 0 Å². The van der Waals surface area contributed by atoms with Crippen LogP contribution in [0.2, 0.25) is 0 Å². The van der Waals surface area contributed by atoms with Crippen LogP contribution in [0.25, 0.3) is 53.1 Å². The summed E-state index contributed by atoms with van der Waals surface area (Å²) in [5.41, 5.74) is 3.23. The zero-order chi connectivity index (χ0) is 19.4. The molecule has 0 aliphatic heterocycles. The van der Waals surface area contributed by atoms with Gasteiger partial charge in [0.15, 0.2) is 0 Å². The number of hydrogen-bond acceptors (Lipinski definition) is 3. The van der Waals surface area contributed by atoms with Crippen molar-refractivity contribution >= 4 is 53.2 Å². The molecule has 0 aliphatic rings. The maximum absolute atomic E-state index is 5.67. The first-order chi connectivity index (χ1) is 14.3. The van der Waals surface area contributed by atoms with Crippen LogP contribution in [-0.2, 0) is 0 Å². The van der Waals surface area contributed by atoms with Gasteiger partial charge >= 0.3 is 0 Å². The molecule has 0 saturated heterocycles. The molecule has 0 unspecified atom stereocenters. The van der Waals surface area contributed by atoms with Crippen LogP contribution in [0, 0.1) is 0 Å². The van der Waals surface area contributed by atoms with Crippen molar-refractivity contribution in [1.82, 2.24) is 4.98 Å². The van der Waals surface area contributed by atoms with E-state index in [1.165, 1.54) is 41.9 Å². The van der Waals surface area contributed by atoms with Crippen LogP contribution in [0.1, 0.15) is 0 Å². The maximum Gasteiger partial charge on any atom is 0.136 e. The van der Waals surface area contributed by atoms with Crippen molar-refractivity contribution in [3.05, 3.63) is 84.9 Å². The number of para-hydroxylation sites is 1. The fourth-order valence-electron chi connectivity index (χ4n) is 4.25. The van der Waals surface area contributed by atoms with E-state index in [-0.39, 0.29) is 0 Å². The predicted molar refractivity (Wildman–Crippen MR) is 124 cm³/mol. The lowest BCUT2D eigenvalue weighted by atomic mass is 9.97. The SMILES string of the molecule is COc1cccc2c1sc1c3ccccc3nc(-c3cccc4ccccc34)c21. The molecule has 0 aliphatic carbocycles. The zero-order valence-corrected chi connectivity index (χ0v) is 16.7. The van der Waals surface area contributed by atoms with Crippen LogP contribution in [0.5, 0.6) is 5.75 Å². The van der Waals surface area contributed by atoms with Crippen molar-refractivity contribution < 1.29 is 4.74 Å². The van der Waals surface area contributed by atoms with E-state index in [0.717, 1.165) is 17.0 Å². The van der Waals surface area contributed by atoms with Gasteiger partial charge in [0.2, 0.25) is 0 Å². The monoisotopic (exact) mass is 391 g/mol. The minimum Gasteiger partial charge on any atom is -0.495 e. The van der Waals surface area contributed by atoms with Crippen molar-refractivity contribution in [1.29, 1.82) is 0 Å². The Morgan fingerprint density at radius 2 is 1.41 bits per heavy atom. The van der Waals surface area contributed by atoms with E-state index < -0.39 is 0 Å². The van der Waals surface area contributed by atoms with Crippen LogP contribution in [0.4, 0.5) is 0 Å². The Hall–Kier alpha value is -3.43. The van der Waals surface area contributed by atoms with E-state index >= 15 is 0 Å². The van der Waals surface area contributed by atoms with Gasteiger partial charge in [-0.1, -0.05) is 72.8 Å². The molecule has 0 radical (unpaired) electrons. The lowest BCUT2D eigenvalue weighted by Gasteiger charge is -2.10. The van der Waals surface area contributed by atoms with E-state index in [1.54, 1.807) is 18.4 Å². The van der Waals surface area contributed by atoms with Gasteiger partial charge in [-0.25, -0.2) is 4.98 Å². The average Bonchev–Trinajstić information content (AvgIpc) is 3.18. The molecule has 4 aromatic carbocycles. The molecule has 3 heteroatoms. The number of pyridine rings is 1. The van der Waals surface area contributed by atoms with Gasteiger partial charge < -0.3 is 4.74 Å². The summed E-state index contributed by atoms with van der Waals surface area (Å²) in [6, 6.07) is 29.7. The number of hydrogen-bond donors (Lipinski definition) is 0. The molecule has 0 amide bonds. The van der Waals surface area contributed by atoms with Gasteiger partial charge in [-0.05, 0) is 22.9 Å². The molecule has 0 fully saturated rings. The second kappa shape index (κ2) is 6.29. The minimum atomic E-state index is 0.914. The number of aromatic nitrogens is 1. The van der Waals surface area contributed by atoms with E-state index in [1.807, 2.05) is 6.07 Å². The topological polar surface area (TPSA) is 22.1 Å². The summed E-state index contributed by atoms with van der Waals surface area (Å²) in [6.45, 7) is 0. The summed E-state index contributed by atoms with van der Waals surface area (Å²) in [5.74, 6) is 0.914. The molecule has 0 saturated carbocycles. The molecule has 0 atom stereocenters. The highest BCUT2D eigenvalue weighted by atomic mass is 32.1. The first-order valence-electron chi connectivity index (χ1n) is 9.61. The molecule has 2 heterocycles. The van der Waals surface area contributed by atoms with E-state index in [4.69, 9.17) is 9.72 Å². The highest BCUT2D eigenvalue weighted by Gasteiger charge is 2.18. The maximum atomic E-state index is 5.67. The van der Waals surface area contributed by atoms with Gasteiger partial charge in [-0.3, -0.25) is 0 Å². The number of thiophene rings is 1. The summed E-state index contributed by atoms with van der Waals surface area (Å²) in [4.78, 5) is 5.17. The van der Waals surface area contributed by atoms with Gasteiger partial charge in [0, 0.05) is 26.4 Å². The number of ether oxygens (including phenoxy) is 1. The Kier molecular flexibility index (Phi) is 3.58. The molecule has 0 bridgehead atoms. The van der Waals surface area contributed by atoms with Crippen molar-refractivity contribution in [3.8, 4) is 17.0 Å². The zero-order valence-electron chi connectivity index (χ0n) is 15.8. The largest absolute Gasteiger partial charge is 0.495 e. The average molecular weight is 391 g/mol. The van der Waals surface area contributed by atoms with Gasteiger partial charge in [0.1, 0.15) is 5.75 Å². The summed E-state index contributed by atoms with van der Waals surface area (Å²) in [5, 5.41) is 6.05. The Morgan fingerprint density at radius 3 is 2.31 bits per heavy atom. The molecular weight excluding hydrogens is 374 g/mol. The normalized spacial score (nSPS) is 11.6. The van der Waals surface area contributed by atoms with Crippen LogP contribution in [0.15, 0.2) is 84.9 Å². The second-order valence-electron chi connectivity index (χ2n) is 7.15. The number of nitrogens with zero attached hydrogens (tertiary/aromatic N) is 1. The van der Waals surface area contributed by atoms with Crippen molar-refractivity contribution in [2.75, 3.05) is 7.11 Å². The molecule has 6 aromatic rings. The quantitative estimate of drug-likeness (QED) is 0.306. The molecule has 29 heavy (non-hydrogen) atoms. The molecule has 2 nitrogen and oxygen atoms in total. The summed E-state index contributed by atoms with van der Waals surface area (Å²) in [7, 11) is 1.74. The van der Waals surface area contributed by atoms with Gasteiger partial charge in [-0.2, -0.15) is 0 Å². The lowest BCUT2D eigenvalue weighted by Crippen LogP contribution is -1.89. The Labute approximate surface area is 172 Å². The molecular formula is C26H17NOS. The third kappa shape index (κ3) is 2.38. The summed E-state index contributed by atoms with van der Waals surface area (Å²) < 4.78 is 8.11. The van der Waals surface area contributed by atoms with Gasteiger partial charge in [0.25, 0.3) is 0 Å². The Balaban J connectivity index is 1.87. The summed E-state index contributed by atoms with van der Waals surface area (Å²) in [6.07, 6.45) is 0. The fraction of sp³-hybridized carbons (Fsp3) is 0.0385. The van der Waals surface area contributed by atoms with E-state index in [2.05, 4.69) is 78.9 Å². The van der Waals surface area contributed by atoms with E-state index in [0.29, 0.717) is 0 Å². The molecule has 2 aromatic heterocycles. The van der Waals surface area contributed by atoms with Gasteiger partial charge in [0.05, 0.1) is 23.0 Å². The van der Waals surface area contributed by atoms with Crippen LogP contribution >= 0.6 is 11.3 Å². The van der Waals surface area contributed by atoms with Crippen LogP contribution in [-0.4, -0.2) is 12.1 Å². The second-order valence-corrected chi connectivity index (χ2v) is 8.17. The Morgan fingerprint density at radius 1 is 0.690 bits per heavy atom. The smallest absolute Gasteiger partial charge is 0.136 e. The number of benzene rings is 4. The third-order valence-corrected chi connectivity index (χ3v) is 6.82. The first kappa shape index (κ1) is 16.5. The molecule has 138 valence electrons. The van der Waals surface area contributed by atoms with Crippen molar-refractivity contribution in [2.24, 2.45) is 0 Å².